The molecule has 1 aromatic heterocycles. The van der Waals surface area contributed by atoms with Gasteiger partial charge in [-0.2, -0.15) is 5.10 Å². The van der Waals surface area contributed by atoms with Crippen molar-refractivity contribution in [2.45, 2.75) is 0 Å². The Balaban J connectivity index is 1.80. The maximum atomic E-state index is 12.4. The van der Waals surface area contributed by atoms with E-state index in [9.17, 15) is 14.9 Å². The summed E-state index contributed by atoms with van der Waals surface area (Å²) in [6.07, 6.45) is 1.58. The first-order valence-corrected chi connectivity index (χ1v) is 7.59. The van der Waals surface area contributed by atoms with E-state index >= 15 is 0 Å². The van der Waals surface area contributed by atoms with Crippen LogP contribution >= 0.6 is 0 Å². The molecule has 2 aromatic carbocycles. The lowest BCUT2D eigenvalue weighted by Crippen LogP contribution is -2.30. The Morgan fingerprint density at radius 3 is 2.54 bits per heavy atom. The fourth-order valence-corrected chi connectivity index (χ4v) is 2.30. The van der Waals surface area contributed by atoms with Crippen LogP contribution in [-0.2, 0) is 0 Å². The zero-order valence-corrected chi connectivity index (χ0v) is 13.7. The highest BCUT2D eigenvalue weighted by atomic mass is 16.6. The van der Waals surface area contributed by atoms with Crippen LogP contribution < -0.4 is 15.6 Å². The van der Waals surface area contributed by atoms with E-state index < -0.39 is 10.8 Å². The van der Waals surface area contributed by atoms with Crippen LogP contribution in [0.25, 0.3) is 5.69 Å². The second-order valence-electron chi connectivity index (χ2n) is 5.18. The fourth-order valence-electron chi connectivity index (χ4n) is 2.30. The van der Waals surface area contributed by atoms with E-state index in [-0.39, 0.29) is 22.8 Å². The third-order valence-electron chi connectivity index (χ3n) is 3.55. The number of nitrogens with zero attached hydrogens (tertiary/aromatic N) is 3. The van der Waals surface area contributed by atoms with Crippen molar-refractivity contribution in [3.05, 3.63) is 76.6 Å². The lowest BCUT2D eigenvalue weighted by atomic mass is 10.3. The Kier molecular flexibility index (Phi) is 4.79. The molecule has 0 aliphatic carbocycles. The molecule has 0 saturated carbocycles. The molecule has 0 unspecified atom stereocenters. The van der Waals surface area contributed by atoms with Gasteiger partial charge >= 0.3 is 0 Å². The summed E-state index contributed by atoms with van der Waals surface area (Å²) in [4.78, 5) is 22.9. The first-order chi connectivity index (χ1) is 12.6. The molecule has 3 aromatic rings. The number of amides is 1. The lowest BCUT2D eigenvalue weighted by Gasteiger charge is -2.08. The Labute approximate surface area is 148 Å². The third-order valence-corrected chi connectivity index (χ3v) is 3.55. The molecule has 0 aliphatic heterocycles. The number of methoxy groups -OCH3 is 1. The molecule has 0 atom stereocenters. The van der Waals surface area contributed by atoms with Gasteiger partial charge in [-0.1, -0.05) is 30.3 Å². The maximum absolute atomic E-state index is 12.4. The number of hydrogen-bond donors (Lipinski definition) is 2. The Hall–Kier alpha value is -3.88. The summed E-state index contributed by atoms with van der Waals surface area (Å²) in [5, 5.41) is 15.2. The molecule has 0 aliphatic rings. The van der Waals surface area contributed by atoms with Gasteiger partial charge < -0.3 is 4.74 Å². The normalized spacial score (nSPS) is 10.2. The van der Waals surface area contributed by atoms with Gasteiger partial charge in [-0.3, -0.25) is 25.8 Å². The number of nitro benzene ring substituents is 1. The van der Waals surface area contributed by atoms with Gasteiger partial charge in [-0.25, -0.2) is 4.68 Å². The topological polar surface area (TPSA) is 111 Å². The van der Waals surface area contributed by atoms with E-state index in [1.54, 1.807) is 12.3 Å². The fraction of sp³-hybridized carbons (Fsp3) is 0.0588. The van der Waals surface area contributed by atoms with Gasteiger partial charge in [0.05, 0.1) is 23.9 Å². The van der Waals surface area contributed by atoms with Gasteiger partial charge in [0.2, 0.25) is 0 Å². The monoisotopic (exact) mass is 353 g/mol. The number of carbonyl (C=O) groups excluding carboxylic acids is 1. The van der Waals surface area contributed by atoms with Crippen LogP contribution in [0.4, 0.5) is 11.4 Å². The van der Waals surface area contributed by atoms with E-state index in [1.807, 2.05) is 30.3 Å². The number of aromatic nitrogens is 2. The molecule has 0 saturated heterocycles. The van der Waals surface area contributed by atoms with Crippen molar-refractivity contribution in [3.8, 4) is 11.4 Å². The van der Waals surface area contributed by atoms with Gasteiger partial charge in [0.15, 0.2) is 11.4 Å². The first-order valence-electron chi connectivity index (χ1n) is 7.59. The summed E-state index contributed by atoms with van der Waals surface area (Å²) in [6.45, 7) is 0. The van der Waals surface area contributed by atoms with Crippen LogP contribution in [0.1, 0.15) is 10.5 Å². The van der Waals surface area contributed by atoms with Crippen LogP contribution in [0.15, 0.2) is 60.8 Å². The number of anilines is 1. The van der Waals surface area contributed by atoms with E-state index in [0.717, 1.165) is 5.69 Å². The molecule has 0 fully saturated rings. The number of para-hydroxylation sites is 3. The minimum Gasteiger partial charge on any atom is -0.493 e. The SMILES string of the molecule is COc1cn(-c2ccccc2)nc1C(=O)NNc1ccccc1[N+](=O)[O-]. The molecule has 9 heteroatoms. The number of hydrogen-bond acceptors (Lipinski definition) is 6. The number of nitrogens with one attached hydrogen (secondary N) is 2. The van der Waals surface area contributed by atoms with Gasteiger partial charge in [-0.05, 0) is 18.2 Å². The quantitative estimate of drug-likeness (QED) is 0.520. The Morgan fingerprint density at radius 1 is 1.15 bits per heavy atom. The van der Waals surface area contributed by atoms with E-state index in [1.165, 1.54) is 30.0 Å². The predicted octanol–water partition coefficient (Wildman–Crippen LogP) is 2.55. The van der Waals surface area contributed by atoms with Crippen LogP contribution in [0.5, 0.6) is 5.75 Å². The van der Waals surface area contributed by atoms with Crippen LogP contribution in [0.3, 0.4) is 0 Å². The van der Waals surface area contributed by atoms with Crippen molar-refractivity contribution < 1.29 is 14.5 Å². The molecule has 0 bridgehead atoms. The molecule has 26 heavy (non-hydrogen) atoms. The predicted molar refractivity (Wildman–Crippen MR) is 94.3 cm³/mol. The maximum Gasteiger partial charge on any atom is 0.294 e. The zero-order chi connectivity index (χ0) is 18.5. The summed E-state index contributed by atoms with van der Waals surface area (Å²) in [6, 6.07) is 15.2. The number of benzene rings is 2. The summed E-state index contributed by atoms with van der Waals surface area (Å²) < 4.78 is 6.72. The molecule has 0 radical (unpaired) electrons. The molecule has 3 rings (SSSR count). The smallest absolute Gasteiger partial charge is 0.294 e. The standard InChI is InChI=1S/C17H15N5O4/c1-26-15-11-21(12-7-3-2-4-8-12)20-16(15)17(23)19-18-13-9-5-6-10-14(13)22(24)25/h2-11,18H,1H3,(H,19,23). The minimum atomic E-state index is -0.588. The second kappa shape index (κ2) is 7.34. The Bertz CT molecular complexity index is 939. The zero-order valence-electron chi connectivity index (χ0n) is 13.7. The van der Waals surface area contributed by atoms with Crippen molar-refractivity contribution in [1.29, 1.82) is 0 Å². The van der Waals surface area contributed by atoms with Crippen LogP contribution in [0.2, 0.25) is 0 Å². The van der Waals surface area contributed by atoms with Crippen molar-refractivity contribution in [1.82, 2.24) is 15.2 Å². The van der Waals surface area contributed by atoms with Crippen LogP contribution in [-0.4, -0.2) is 27.7 Å². The number of rotatable bonds is 6. The van der Waals surface area contributed by atoms with Gasteiger partial charge in [0.25, 0.3) is 11.6 Å². The molecule has 132 valence electrons. The second-order valence-corrected chi connectivity index (χ2v) is 5.18. The molecule has 1 heterocycles. The summed E-state index contributed by atoms with van der Waals surface area (Å²) in [5.74, 6) is -0.314. The summed E-state index contributed by atoms with van der Waals surface area (Å²) in [5.41, 5.74) is 5.75. The highest BCUT2D eigenvalue weighted by Gasteiger charge is 2.19. The molecule has 9 nitrogen and oxygen atoms in total. The molecular weight excluding hydrogens is 338 g/mol. The highest BCUT2D eigenvalue weighted by Crippen LogP contribution is 2.23. The number of ether oxygens (including phenoxy) is 1. The number of carbonyl (C=O) groups is 1. The number of nitro groups is 1. The first kappa shape index (κ1) is 17.0. The number of hydrazine groups is 1. The molecular formula is C17H15N5O4. The van der Waals surface area contributed by atoms with E-state index in [4.69, 9.17) is 4.74 Å². The average molecular weight is 353 g/mol. The largest absolute Gasteiger partial charge is 0.493 e. The molecule has 2 N–H and O–H groups in total. The molecule has 0 spiro atoms. The summed E-state index contributed by atoms with van der Waals surface area (Å²) >= 11 is 0. The minimum absolute atomic E-state index is 0.0439. The van der Waals surface area contributed by atoms with Crippen molar-refractivity contribution in [3.63, 3.8) is 0 Å². The van der Waals surface area contributed by atoms with Crippen molar-refractivity contribution >= 4 is 17.3 Å². The Morgan fingerprint density at radius 2 is 1.85 bits per heavy atom. The molecule has 1 amide bonds. The van der Waals surface area contributed by atoms with E-state index in [2.05, 4.69) is 16.0 Å². The highest BCUT2D eigenvalue weighted by molar-refractivity contribution is 5.95. The van der Waals surface area contributed by atoms with Crippen molar-refractivity contribution in [2.75, 3.05) is 12.5 Å². The van der Waals surface area contributed by atoms with Crippen molar-refractivity contribution in [2.24, 2.45) is 0 Å². The van der Waals surface area contributed by atoms with E-state index in [0.29, 0.717) is 0 Å². The average Bonchev–Trinajstić information content (AvgIpc) is 3.11. The lowest BCUT2D eigenvalue weighted by molar-refractivity contribution is -0.384. The van der Waals surface area contributed by atoms with Crippen LogP contribution in [0, 0.1) is 10.1 Å². The summed E-state index contributed by atoms with van der Waals surface area (Å²) in [7, 11) is 1.43. The van der Waals surface area contributed by atoms with Gasteiger partial charge in [0.1, 0.15) is 5.69 Å². The van der Waals surface area contributed by atoms with Gasteiger partial charge in [-0.15, -0.1) is 0 Å². The van der Waals surface area contributed by atoms with Gasteiger partial charge in [0, 0.05) is 6.07 Å². The third kappa shape index (κ3) is 3.46.